The summed E-state index contributed by atoms with van der Waals surface area (Å²) >= 11 is 5.94. The van der Waals surface area contributed by atoms with Gasteiger partial charge in [0.15, 0.2) is 9.84 Å². The summed E-state index contributed by atoms with van der Waals surface area (Å²) < 4.78 is 23.6. The molecule has 5 nitrogen and oxygen atoms in total. The highest BCUT2D eigenvalue weighted by atomic mass is 35.5. The van der Waals surface area contributed by atoms with Crippen molar-refractivity contribution in [1.29, 1.82) is 0 Å². The van der Waals surface area contributed by atoms with Gasteiger partial charge in [0.05, 0.1) is 9.92 Å². The van der Waals surface area contributed by atoms with E-state index in [2.05, 4.69) is 22.3 Å². The van der Waals surface area contributed by atoms with Crippen molar-refractivity contribution < 1.29 is 13.2 Å². The predicted octanol–water partition coefficient (Wildman–Crippen LogP) is 4.63. The molecule has 0 radical (unpaired) electrons. The molecule has 0 saturated heterocycles. The highest BCUT2D eigenvalue weighted by molar-refractivity contribution is 7.90. The van der Waals surface area contributed by atoms with E-state index in [1.165, 1.54) is 23.8 Å². The highest BCUT2D eigenvalue weighted by Crippen LogP contribution is 2.24. The van der Waals surface area contributed by atoms with Crippen LogP contribution >= 0.6 is 11.6 Å². The normalized spacial score (nSPS) is 11.1. The Balaban J connectivity index is 1.70. The number of sulfone groups is 1. The molecule has 29 heavy (non-hydrogen) atoms. The second-order valence-corrected chi connectivity index (χ2v) is 9.15. The number of nitrogens with one attached hydrogen (secondary N) is 1. The summed E-state index contributed by atoms with van der Waals surface area (Å²) in [5, 5.41) is 2.87. The third kappa shape index (κ3) is 5.37. The van der Waals surface area contributed by atoms with Gasteiger partial charge in [0.25, 0.3) is 5.91 Å². The molecular formula is C22H21ClN2O3S. The Morgan fingerprint density at radius 1 is 1.00 bits per heavy atom. The van der Waals surface area contributed by atoms with Gasteiger partial charge in [-0.25, -0.2) is 8.42 Å². The maximum Gasteiger partial charge on any atom is 0.255 e. The van der Waals surface area contributed by atoms with Gasteiger partial charge in [0.1, 0.15) is 0 Å². The van der Waals surface area contributed by atoms with Crippen molar-refractivity contribution in [3.8, 4) is 0 Å². The summed E-state index contributed by atoms with van der Waals surface area (Å²) in [7, 11) is -1.52. The summed E-state index contributed by atoms with van der Waals surface area (Å²) in [6, 6.07) is 21.8. The first kappa shape index (κ1) is 20.9. The van der Waals surface area contributed by atoms with Crippen LogP contribution in [0.2, 0.25) is 5.02 Å². The van der Waals surface area contributed by atoms with Crippen LogP contribution in [0.4, 0.5) is 11.4 Å². The van der Waals surface area contributed by atoms with E-state index in [0.29, 0.717) is 5.69 Å². The van der Waals surface area contributed by atoms with E-state index in [-0.39, 0.29) is 15.5 Å². The highest BCUT2D eigenvalue weighted by Gasteiger charge is 2.16. The molecule has 3 aromatic rings. The van der Waals surface area contributed by atoms with Crippen molar-refractivity contribution in [2.24, 2.45) is 0 Å². The minimum Gasteiger partial charge on any atom is -0.370 e. The molecule has 0 bridgehead atoms. The van der Waals surface area contributed by atoms with Crippen molar-refractivity contribution >= 4 is 38.7 Å². The summed E-state index contributed by atoms with van der Waals surface area (Å²) in [6.07, 6.45) is 1.06. The zero-order chi connectivity index (χ0) is 21.0. The topological polar surface area (TPSA) is 66.5 Å². The van der Waals surface area contributed by atoms with Crippen LogP contribution in [0.1, 0.15) is 15.9 Å². The standard InChI is InChI=1S/C22H21ClN2O3S/c1-25(15-16-6-4-3-5-7-16)19-11-9-18(10-12-19)24-22(26)17-8-13-20(23)21(14-17)29(2,27)28/h3-14H,15H2,1-2H3,(H,24,26). The summed E-state index contributed by atoms with van der Waals surface area (Å²) in [5.74, 6) is -0.406. The van der Waals surface area contributed by atoms with Crippen molar-refractivity contribution in [1.82, 2.24) is 0 Å². The van der Waals surface area contributed by atoms with Gasteiger partial charge in [-0.1, -0.05) is 41.9 Å². The number of hydrogen-bond acceptors (Lipinski definition) is 4. The molecule has 1 N–H and O–H groups in total. The number of nitrogens with zero attached hydrogens (tertiary/aromatic N) is 1. The number of halogens is 1. The molecule has 0 spiro atoms. The zero-order valence-electron chi connectivity index (χ0n) is 16.1. The average Bonchev–Trinajstić information content (AvgIpc) is 2.68. The van der Waals surface area contributed by atoms with E-state index < -0.39 is 15.7 Å². The molecule has 0 unspecified atom stereocenters. The second kappa shape index (κ2) is 8.68. The van der Waals surface area contributed by atoms with Crippen LogP contribution < -0.4 is 10.2 Å². The lowest BCUT2D eigenvalue weighted by Gasteiger charge is -2.20. The number of anilines is 2. The van der Waals surface area contributed by atoms with Gasteiger partial charge in [0, 0.05) is 36.8 Å². The summed E-state index contributed by atoms with van der Waals surface area (Å²) in [6.45, 7) is 0.769. The SMILES string of the molecule is CN(Cc1ccccc1)c1ccc(NC(=O)c2ccc(Cl)c(S(C)(=O)=O)c2)cc1. The van der Waals surface area contributed by atoms with Gasteiger partial charge in [-0.05, 0) is 48.0 Å². The molecule has 0 saturated carbocycles. The van der Waals surface area contributed by atoms with Gasteiger partial charge in [-0.2, -0.15) is 0 Å². The largest absolute Gasteiger partial charge is 0.370 e. The summed E-state index contributed by atoms with van der Waals surface area (Å²) in [5.41, 5.74) is 3.05. The molecule has 3 rings (SSSR count). The Kier molecular flexibility index (Phi) is 6.25. The average molecular weight is 429 g/mol. The first-order valence-electron chi connectivity index (χ1n) is 8.90. The Bertz CT molecular complexity index is 1110. The van der Waals surface area contributed by atoms with Crippen molar-refractivity contribution in [2.45, 2.75) is 11.4 Å². The van der Waals surface area contributed by atoms with Crippen LogP contribution in [0.5, 0.6) is 0 Å². The molecule has 1 amide bonds. The third-order valence-electron chi connectivity index (χ3n) is 4.42. The number of carbonyl (C=O) groups excluding carboxylic acids is 1. The van der Waals surface area contributed by atoms with Crippen molar-refractivity contribution in [3.63, 3.8) is 0 Å². The Hall–Kier alpha value is -2.83. The zero-order valence-corrected chi connectivity index (χ0v) is 17.7. The molecule has 0 aliphatic rings. The predicted molar refractivity (Wildman–Crippen MR) is 118 cm³/mol. The fourth-order valence-corrected chi connectivity index (χ4v) is 4.18. The fourth-order valence-electron chi connectivity index (χ4n) is 2.88. The van der Waals surface area contributed by atoms with Crippen LogP contribution in [0, 0.1) is 0 Å². The third-order valence-corrected chi connectivity index (χ3v) is 6.00. The minimum atomic E-state index is -3.52. The number of rotatable bonds is 6. The van der Waals surface area contributed by atoms with Crippen molar-refractivity contribution in [3.05, 3.63) is 88.9 Å². The van der Waals surface area contributed by atoms with E-state index in [4.69, 9.17) is 11.6 Å². The Labute approximate surface area is 175 Å². The van der Waals surface area contributed by atoms with Crippen LogP contribution in [0.25, 0.3) is 0 Å². The van der Waals surface area contributed by atoms with E-state index in [0.717, 1.165) is 18.5 Å². The lowest BCUT2D eigenvalue weighted by molar-refractivity contribution is 0.102. The summed E-state index contributed by atoms with van der Waals surface area (Å²) in [4.78, 5) is 14.5. The lowest BCUT2D eigenvalue weighted by atomic mass is 10.2. The van der Waals surface area contributed by atoms with Crippen LogP contribution in [0.3, 0.4) is 0 Å². The van der Waals surface area contributed by atoms with Crippen LogP contribution in [-0.2, 0) is 16.4 Å². The Morgan fingerprint density at radius 3 is 2.28 bits per heavy atom. The fraction of sp³-hybridized carbons (Fsp3) is 0.136. The van der Waals surface area contributed by atoms with E-state index in [1.807, 2.05) is 49.5 Å². The maximum absolute atomic E-state index is 12.5. The van der Waals surface area contributed by atoms with Gasteiger partial charge in [0.2, 0.25) is 0 Å². The molecule has 0 aliphatic carbocycles. The van der Waals surface area contributed by atoms with Crippen molar-refractivity contribution in [2.75, 3.05) is 23.5 Å². The first-order chi connectivity index (χ1) is 13.7. The van der Waals surface area contributed by atoms with E-state index in [9.17, 15) is 13.2 Å². The molecule has 3 aromatic carbocycles. The quantitative estimate of drug-likeness (QED) is 0.621. The molecule has 0 aliphatic heterocycles. The van der Waals surface area contributed by atoms with Gasteiger partial charge >= 0.3 is 0 Å². The molecule has 0 heterocycles. The number of hydrogen-bond donors (Lipinski definition) is 1. The lowest BCUT2D eigenvalue weighted by Crippen LogP contribution is -2.16. The second-order valence-electron chi connectivity index (χ2n) is 6.76. The monoisotopic (exact) mass is 428 g/mol. The molecule has 150 valence electrons. The van der Waals surface area contributed by atoms with Gasteiger partial charge < -0.3 is 10.2 Å². The minimum absolute atomic E-state index is 0.0651. The molecule has 7 heteroatoms. The molecule has 0 aromatic heterocycles. The molecule has 0 fully saturated rings. The van der Waals surface area contributed by atoms with Crippen LogP contribution in [-0.4, -0.2) is 27.6 Å². The smallest absolute Gasteiger partial charge is 0.255 e. The first-order valence-corrected chi connectivity index (χ1v) is 11.2. The molecule has 0 atom stereocenters. The van der Waals surface area contributed by atoms with Gasteiger partial charge in [-0.15, -0.1) is 0 Å². The number of amides is 1. The number of benzene rings is 3. The molecular weight excluding hydrogens is 408 g/mol. The van der Waals surface area contributed by atoms with Gasteiger partial charge in [-0.3, -0.25) is 4.79 Å². The Morgan fingerprint density at radius 2 is 1.66 bits per heavy atom. The van der Waals surface area contributed by atoms with Crippen LogP contribution in [0.15, 0.2) is 77.7 Å². The van der Waals surface area contributed by atoms with E-state index >= 15 is 0 Å². The van der Waals surface area contributed by atoms with E-state index in [1.54, 1.807) is 0 Å². The number of carbonyl (C=O) groups is 1. The maximum atomic E-state index is 12.5.